The van der Waals surface area contributed by atoms with E-state index in [4.69, 9.17) is 5.11 Å². The maximum absolute atomic E-state index is 10.4. The number of rotatable bonds is 24. The van der Waals surface area contributed by atoms with Crippen molar-refractivity contribution in [2.24, 2.45) is 0 Å². The molecule has 176 valence electrons. The quantitative estimate of drug-likeness (QED) is 0.125. The molecule has 0 amide bonds. The molecule has 0 aliphatic heterocycles. The van der Waals surface area contributed by atoms with E-state index < -0.39 is 5.97 Å². The zero-order valence-electron chi connectivity index (χ0n) is 20.2. The molecule has 0 radical (unpaired) electrons. The summed E-state index contributed by atoms with van der Waals surface area (Å²) in [5, 5.41) is 8.59. The second-order valence-electron chi connectivity index (χ2n) is 8.91. The van der Waals surface area contributed by atoms with E-state index in [0.29, 0.717) is 6.42 Å². The minimum absolute atomic E-state index is 0.341. The Morgan fingerprint density at radius 2 is 0.900 bits per heavy atom. The summed E-state index contributed by atoms with van der Waals surface area (Å²) in [5.74, 6) is -0.654. The van der Waals surface area contributed by atoms with Crippen molar-refractivity contribution in [3.8, 4) is 0 Å². The molecule has 0 aromatic carbocycles. The predicted molar refractivity (Wildman–Crippen MR) is 133 cm³/mol. The number of hydrogen-bond donors (Lipinski definition) is 1. The molecule has 0 aromatic rings. The number of aliphatic carboxylic acids is 1. The van der Waals surface area contributed by atoms with Crippen LogP contribution < -0.4 is 0 Å². The van der Waals surface area contributed by atoms with Crippen LogP contribution in [0, 0.1) is 0 Å². The molecule has 0 unspecified atom stereocenters. The Kier molecular flexibility index (Phi) is 25.1. The third-order valence-corrected chi connectivity index (χ3v) is 5.84. The van der Waals surface area contributed by atoms with Crippen molar-refractivity contribution in [1.29, 1.82) is 0 Å². The van der Waals surface area contributed by atoms with Gasteiger partial charge >= 0.3 is 5.97 Å². The van der Waals surface area contributed by atoms with Gasteiger partial charge in [-0.3, -0.25) is 4.79 Å². The van der Waals surface area contributed by atoms with Gasteiger partial charge in [0, 0.05) is 6.42 Å². The highest BCUT2D eigenvalue weighted by atomic mass is 16.4. The van der Waals surface area contributed by atoms with Gasteiger partial charge in [-0.1, -0.05) is 128 Å². The predicted octanol–water partition coefficient (Wildman–Crippen LogP) is 9.79. The number of hydrogen-bond acceptors (Lipinski definition) is 1. The van der Waals surface area contributed by atoms with Crippen LogP contribution in [-0.2, 0) is 4.79 Å². The number of carboxylic acid groups (broad SMARTS) is 1. The molecule has 0 aromatic heterocycles. The molecule has 0 fully saturated rings. The normalized spacial score (nSPS) is 11.8. The molecule has 0 bridgehead atoms. The van der Waals surface area contributed by atoms with Gasteiger partial charge in [0.1, 0.15) is 0 Å². The van der Waals surface area contributed by atoms with Crippen molar-refractivity contribution in [2.45, 2.75) is 148 Å². The van der Waals surface area contributed by atoms with E-state index in [0.717, 1.165) is 19.3 Å². The van der Waals surface area contributed by atoms with Gasteiger partial charge in [-0.15, -0.1) is 0 Å². The Bertz CT molecular complexity index is 397. The fourth-order valence-corrected chi connectivity index (χ4v) is 3.86. The summed E-state index contributed by atoms with van der Waals surface area (Å²) in [6.07, 6.45) is 37.0. The minimum atomic E-state index is -0.654. The summed E-state index contributed by atoms with van der Waals surface area (Å²) in [6, 6.07) is 0. The zero-order chi connectivity index (χ0) is 22.0. The maximum atomic E-state index is 10.4. The van der Waals surface area contributed by atoms with Crippen molar-refractivity contribution < 1.29 is 9.90 Å². The molecule has 0 aliphatic carbocycles. The van der Waals surface area contributed by atoms with Crippen LogP contribution in [0.25, 0.3) is 0 Å². The van der Waals surface area contributed by atoms with Crippen LogP contribution in [0.1, 0.15) is 148 Å². The van der Waals surface area contributed by atoms with Crippen LogP contribution in [0.5, 0.6) is 0 Å². The first kappa shape index (κ1) is 28.9. The first-order valence-electron chi connectivity index (χ1n) is 13.3. The number of allylic oxidation sites excluding steroid dienone is 4. The van der Waals surface area contributed by atoms with Gasteiger partial charge < -0.3 is 5.11 Å². The van der Waals surface area contributed by atoms with Gasteiger partial charge in [-0.2, -0.15) is 0 Å². The molecule has 2 heteroatoms. The van der Waals surface area contributed by atoms with E-state index in [1.54, 1.807) is 0 Å². The highest BCUT2D eigenvalue weighted by molar-refractivity contribution is 5.66. The zero-order valence-corrected chi connectivity index (χ0v) is 20.2. The van der Waals surface area contributed by atoms with Crippen molar-refractivity contribution >= 4 is 5.97 Å². The molecule has 0 rings (SSSR count). The fourth-order valence-electron chi connectivity index (χ4n) is 3.86. The van der Waals surface area contributed by atoms with E-state index >= 15 is 0 Å². The second-order valence-corrected chi connectivity index (χ2v) is 8.91. The lowest BCUT2D eigenvalue weighted by Gasteiger charge is -2.03. The standard InChI is InChI=1S/C28H52O2/c1-2-3-4-5-6-7-8-9-10-11-12-13-14-15-16-17-18-19-20-21-22-23-24-25-26-27-28(29)30/h7-8,10-11H,2-6,9,12-27H2,1H3,(H,29,30). The molecular weight excluding hydrogens is 368 g/mol. The Labute approximate surface area is 188 Å². The van der Waals surface area contributed by atoms with Crippen LogP contribution in [0.2, 0.25) is 0 Å². The molecule has 0 spiro atoms. The largest absolute Gasteiger partial charge is 0.481 e. The minimum Gasteiger partial charge on any atom is -0.481 e. The summed E-state index contributed by atoms with van der Waals surface area (Å²) >= 11 is 0. The third kappa shape index (κ3) is 27.0. The first-order valence-corrected chi connectivity index (χ1v) is 13.3. The van der Waals surface area contributed by atoms with Crippen LogP contribution in [0.4, 0.5) is 0 Å². The number of carbonyl (C=O) groups is 1. The van der Waals surface area contributed by atoms with Gasteiger partial charge in [0.05, 0.1) is 0 Å². The van der Waals surface area contributed by atoms with E-state index in [1.807, 2.05) is 0 Å². The van der Waals surface area contributed by atoms with Gasteiger partial charge in [-0.25, -0.2) is 0 Å². The van der Waals surface area contributed by atoms with Gasteiger partial charge in [0.25, 0.3) is 0 Å². The molecule has 0 saturated carbocycles. The molecule has 0 heterocycles. The maximum Gasteiger partial charge on any atom is 0.303 e. The Balaban J connectivity index is 3.12. The van der Waals surface area contributed by atoms with Gasteiger partial charge in [0.2, 0.25) is 0 Å². The smallest absolute Gasteiger partial charge is 0.303 e. The lowest BCUT2D eigenvalue weighted by Crippen LogP contribution is -1.93. The van der Waals surface area contributed by atoms with Crippen molar-refractivity contribution in [2.75, 3.05) is 0 Å². The van der Waals surface area contributed by atoms with Crippen molar-refractivity contribution in [3.63, 3.8) is 0 Å². The second kappa shape index (κ2) is 26.0. The Morgan fingerprint density at radius 3 is 1.30 bits per heavy atom. The highest BCUT2D eigenvalue weighted by Gasteiger charge is 1.97. The summed E-state index contributed by atoms with van der Waals surface area (Å²) in [4.78, 5) is 10.4. The summed E-state index contributed by atoms with van der Waals surface area (Å²) in [7, 11) is 0. The fraction of sp³-hybridized carbons (Fsp3) is 0.821. The first-order chi connectivity index (χ1) is 14.8. The summed E-state index contributed by atoms with van der Waals surface area (Å²) in [6.45, 7) is 2.27. The van der Waals surface area contributed by atoms with E-state index in [-0.39, 0.29) is 0 Å². The number of carboxylic acids is 1. The lowest BCUT2D eigenvalue weighted by molar-refractivity contribution is -0.137. The van der Waals surface area contributed by atoms with E-state index in [1.165, 1.54) is 116 Å². The average molecular weight is 421 g/mol. The lowest BCUT2D eigenvalue weighted by atomic mass is 10.0. The van der Waals surface area contributed by atoms with Crippen LogP contribution in [0.15, 0.2) is 24.3 Å². The molecule has 2 nitrogen and oxygen atoms in total. The van der Waals surface area contributed by atoms with E-state index in [9.17, 15) is 4.79 Å². The highest BCUT2D eigenvalue weighted by Crippen LogP contribution is 2.14. The molecule has 30 heavy (non-hydrogen) atoms. The topological polar surface area (TPSA) is 37.3 Å². The van der Waals surface area contributed by atoms with Gasteiger partial charge in [0.15, 0.2) is 0 Å². The van der Waals surface area contributed by atoms with Crippen LogP contribution in [0.3, 0.4) is 0 Å². The molecule has 0 saturated heterocycles. The number of unbranched alkanes of at least 4 members (excludes halogenated alkanes) is 18. The Morgan fingerprint density at radius 1 is 0.533 bits per heavy atom. The summed E-state index contributed by atoms with van der Waals surface area (Å²) in [5.41, 5.74) is 0. The SMILES string of the molecule is CCCCCCC=CCC=CCCCCCCCCCCCCCCCCC(=O)O. The van der Waals surface area contributed by atoms with E-state index in [2.05, 4.69) is 31.2 Å². The molecule has 1 N–H and O–H groups in total. The molecule has 0 atom stereocenters. The van der Waals surface area contributed by atoms with Gasteiger partial charge in [-0.05, 0) is 38.5 Å². The molecular formula is C28H52O2. The van der Waals surface area contributed by atoms with Crippen molar-refractivity contribution in [3.05, 3.63) is 24.3 Å². The van der Waals surface area contributed by atoms with Crippen LogP contribution in [-0.4, -0.2) is 11.1 Å². The third-order valence-electron chi connectivity index (χ3n) is 5.84. The summed E-state index contributed by atoms with van der Waals surface area (Å²) < 4.78 is 0. The monoisotopic (exact) mass is 420 g/mol. The Hall–Kier alpha value is -1.05. The van der Waals surface area contributed by atoms with Crippen molar-refractivity contribution in [1.82, 2.24) is 0 Å². The van der Waals surface area contributed by atoms with Crippen LogP contribution >= 0.6 is 0 Å². The molecule has 0 aliphatic rings. The average Bonchev–Trinajstić information content (AvgIpc) is 2.73.